The summed E-state index contributed by atoms with van der Waals surface area (Å²) in [7, 11) is 1.54. The topological polar surface area (TPSA) is 51.5 Å². The predicted octanol–water partition coefficient (Wildman–Crippen LogP) is 2.91. The number of rotatable bonds is 5. The number of nitrogens with zero attached hydrogens (tertiary/aromatic N) is 2. The molecular weight excluding hydrogens is 312 g/mol. The van der Waals surface area contributed by atoms with Crippen LogP contribution in [0.5, 0.6) is 0 Å². The lowest BCUT2D eigenvalue weighted by atomic mass is 10.0. The molecular formula is C18H20F2N3O+. The highest BCUT2D eigenvalue weighted by molar-refractivity contribution is 5.89. The van der Waals surface area contributed by atoms with E-state index in [0.29, 0.717) is 5.92 Å². The second kappa shape index (κ2) is 5.77. The molecule has 4 rings (SSSR count). The lowest BCUT2D eigenvalue weighted by Crippen LogP contribution is -2.82. The third-order valence-corrected chi connectivity index (χ3v) is 5.08. The fraction of sp³-hybridized carbons (Fsp3) is 0.444. The van der Waals surface area contributed by atoms with Gasteiger partial charge in [-0.1, -0.05) is 18.2 Å². The number of carbonyl (C=O) groups is 1. The molecule has 6 heteroatoms. The number of aromatic nitrogens is 2. The Morgan fingerprint density at radius 2 is 2.08 bits per heavy atom. The standard InChI is InChI=1S/C18H19F2N3O/c1-23-9-14(16(22-23)17(19)20)18(24)21-15-5-3-2-4-11(15)13-8-12(13)10-6-7-10/h2-5,9-10,12-13,17H,6-8H2,1H3,(H,21,24)/p+1. The van der Waals surface area contributed by atoms with Gasteiger partial charge in [0, 0.05) is 18.8 Å². The zero-order chi connectivity index (χ0) is 16.8. The van der Waals surface area contributed by atoms with Gasteiger partial charge in [-0.15, -0.1) is 0 Å². The maximum Gasteiger partial charge on any atom is 0.351 e. The molecule has 126 valence electrons. The molecule has 2 aromatic rings. The summed E-state index contributed by atoms with van der Waals surface area (Å²) in [5.41, 5.74) is 1.56. The number of benzene rings is 1. The lowest BCUT2D eigenvalue weighted by molar-refractivity contribution is -0.464. The van der Waals surface area contributed by atoms with Crippen LogP contribution in [-0.2, 0) is 7.05 Å². The van der Waals surface area contributed by atoms with E-state index in [1.54, 1.807) is 7.05 Å². The minimum Gasteiger partial charge on any atom is -0.274 e. The SMILES string of the molecule is Cn1cc(C(=O)[NH2+]c2ccccc2C2CC2C2CC2)c(C(F)F)n1. The van der Waals surface area contributed by atoms with Gasteiger partial charge in [0.25, 0.3) is 6.43 Å². The number of carbonyl (C=O) groups excluding carboxylic acids is 1. The molecule has 1 aromatic heterocycles. The molecule has 2 aliphatic rings. The van der Waals surface area contributed by atoms with Crippen LogP contribution >= 0.6 is 0 Å². The van der Waals surface area contributed by atoms with Gasteiger partial charge in [-0.25, -0.2) is 18.9 Å². The van der Waals surface area contributed by atoms with Gasteiger partial charge in [-0.2, -0.15) is 5.10 Å². The summed E-state index contributed by atoms with van der Waals surface area (Å²) < 4.78 is 27.4. The van der Waals surface area contributed by atoms with Crippen molar-refractivity contribution >= 4 is 11.6 Å². The van der Waals surface area contributed by atoms with Crippen LogP contribution < -0.4 is 5.32 Å². The van der Waals surface area contributed by atoms with Crippen LogP contribution in [0, 0.1) is 11.8 Å². The number of nitrogens with two attached hydrogens (primary N) is 1. The summed E-state index contributed by atoms with van der Waals surface area (Å²) in [6.45, 7) is 0. The normalized spacial score (nSPS) is 22.8. The first-order valence-electron chi connectivity index (χ1n) is 8.34. The van der Waals surface area contributed by atoms with Gasteiger partial charge in [0.15, 0.2) is 0 Å². The minimum absolute atomic E-state index is 0.0168. The van der Waals surface area contributed by atoms with E-state index in [1.165, 1.54) is 41.0 Å². The number of halogens is 2. The molecule has 2 atom stereocenters. The first-order chi connectivity index (χ1) is 11.5. The zero-order valence-electron chi connectivity index (χ0n) is 13.5. The smallest absolute Gasteiger partial charge is 0.274 e. The Bertz CT molecular complexity index is 782. The van der Waals surface area contributed by atoms with Crippen molar-refractivity contribution in [1.82, 2.24) is 9.78 Å². The first-order valence-corrected chi connectivity index (χ1v) is 8.34. The summed E-state index contributed by atoms with van der Waals surface area (Å²) in [4.78, 5) is 12.5. The van der Waals surface area contributed by atoms with E-state index in [0.717, 1.165) is 17.5 Å². The summed E-state index contributed by atoms with van der Waals surface area (Å²) in [6.07, 6.45) is 2.43. The molecule has 0 radical (unpaired) electrons. The van der Waals surface area contributed by atoms with Crippen molar-refractivity contribution in [1.29, 1.82) is 0 Å². The van der Waals surface area contributed by atoms with E-state index < -0.39 is 18.0 Å². The molecule has 4 nitrogen and oxygen atoms in total. The second-order valence-electron chi connectivity index (χ2n) is 6.88. The van der Waals surface area contributed by atoms with Gasteiger partial charge >= 0.3 is 5.91 Å². The number of hydrogen-bond acceptors (Lipinski definition) is 2. The van der Waals surface area contributed by atoms with Crippen LogP contribution in [0.4, 0.5) is 14.5 Å². The van der Waals surface area contributed by atoms with E-state index in [9.17, 15) is 13.6 Å². The molecule has 1 amide bonds. The molecule has 2 saturated carbocycles. The number of hydrogen-bond donors (Lipinski definition) is 1. The van der Waals surface area contributed by atoms with Crippen LogP contribution in [-0.4, -0.2) is 15.7 Å². The third-order valence-electron chi connectivity index (χ3n) is 5.08. The predicted molar refractivity (Wildman–Crippen MR) is 84.1 cm³/mol. The van der Waals surface area contributed by atoms with Gasteiger partial charge in [-0.3, -0.25) is 4.68 Å². The average molecular weight is 332 g/mol. The summed E-state index contributed by atoms with van der Waals surface area (Å²) in [5, 5.41) is 5.20. The van der Waals surface area contributed by atoms with Gasteiger partial charge in [0.1, 0.15) is 16.9 Å². The number of para-hydroxylation sites is 1. The Morgan fingerprint density at radius 1 is 1.33 bits per heavy atom. The third kappa shape index (κ3) is 2.86. The Kier molecular flexibility index (Phi) is 3.72. The quantitative estimate of drug-likeness (QED) is 0.856. The van der Waals surface area contributed by atoms with Gasteiger partial charge in [-0.05, 0) is 43.1 Å². The van der Waals surface area contributed by atoms with E-state index in [4.69, 9.17) is 0 Å². The molecule has 1 aromatic carbocycles. The molecule has 24 heavy (non-hydrogen) atoms. The van der Waals surface area contributed by atoms with Crippen molar-refractivity contribution in [3.63, 3.8) is 0 Å². The minimum atomic E-state index is -2.75. The molecule has 2 aliphatic carbocycles. The van der Waals surface area contributed by atoms with Crippen LogP contribution in [0.15, 0.2) is 30.5 Å². The highest BCUT2D eigenvalue weighted by Gasteiger charge is 2.49. The maximum atomic E-state index is 13.1. The van der Waals surface area contributed by atoms with Gasteiger partial charge in [0.05, 0.1) is 0 Å². The molecule has 0 spiro atoms. The number of alkyl halides is 2. The largest absolute Gasteiger partial charge is 0.351 e. The van der Waals surface area contributed by atoms with Crippen molar-refractivity contribution in [3.8, 4) is 0 Å². The number of aryl methyl sites for hydroxylation is 1. The number of amides is 1. The number of primary amides is 1. The number of quaternary nitrogens is 1. The van der Waals surface area contributed by atoms with Crippen molar-refractivity contribution in [2.45, 2.75) is 31.6 Å². The molecule has 2 N–H and O–H groups in total. The molecule has 0 aliphatic heterocycles. The molecule has 1 heterocycles. The van der Waals surface area contributed by atoms with Crippen molar-refractivity contribution < 1.29 is 18.9 Å². The fourth-order valence-electron chi connectivity index (χ4n) is 3.67. The monoisotopic (exact) mass is 332 g/mol. The molecule has 0 saturated heterocycles. The van der Waals surface area contributed by atoms with E-state index in [1.807, 2.05) is 18.2 Å². The van der Waals surface area contributed by atoms with Gasteiger partial charge in [0.2, 0.25) is 0 Å². The fourth-order valence-corrected chi connectivity index (χ4v) is 3.67. The highest BCUT2D eigenvalue weighted by Crippen LogP contribution is 2.59. The Labute approximate surface area is 138 Å². The van der Waals surface area contributed by atoms with Crippen LogP contribution in [0.25, 0.3) is 0 Å². The zero-order valence-corrected chi connectivity index (χ0v) is 13.5. The summed E-state index contributed by atoms with van der Waals surface area (Å²) in [5.74, 6) is 1.70. The van der Waals surface area contributed by atoms with Crippen LogP contribution in [0.1, 0.15) is 53.2 Å². The summed E-state index contributed by atoms with van der Waals surface area (Å²) >= 11 is 0. The van der Waals surface area contributed by atoms with Crippen molar-refractivity contribution in [2.75, 3.05) is 0 Å². The van der Waals surface area contributed by atoms with Crippen LogP contribution in [0.3, 0.4) is 0 Å². The molecule has 2 unspecified atom stereocenters. The van der Waals surface area contributed by atoms with Gasteiger partial charge < -0.3 is 0 Å². The summed E-state index contributed by atoms with van der Waals surface area (Å²) in [6, 6.07) is 7.82. The Balaban J connectivity index is 1.56. The lowest BCUT2D eigenvalue weighted by Gasteiger charge is -2.06. The van der Waals surface area contributed by atoms with E-state index in [-0.39, 0.29) is 5.56 Å². The van der Waals surface area contributed by atoms with E-state index in [2.05, 4.69) is 11.2 Å². The first kappa shape index (κ1) is 15.4. The average Bonchev–Trinajstić information content (AvgIpc) is 3.44. The van der Waals surface area contributed by atoms with Crippen LogP contribution in [0.2, 0.25) is 0 Å². The molecule has 0 bridgehead atoms. The highest BCUT2D eigenvalue weighted by atomic mass is 19.3. The maximum absolute atomic E-state index is 13.1. The van der Waals surface area contributed by atoms with Crippen molar-refractivity contribution in [2.24, 2.45) is 18.9 Å². The second-order valence-corrected chi connectivity index (χ2v) is 6.88. The Hall–Kier alpha value is -2.08. The Morgan fingerprint density at radius 3 is 2.79 bits per heavy atom. The molecule has 2 fully saturated rings. The van der Waals surface area contributed by atoms with Crippen molar-refractivity contribution in [3.05, 3.63) is 47.3 Å². The van der Waals surface area contributed by atoms with E-state index >= 15 is 0 Å².